The smallest absolute Gasteiger partial charge is 0.504 e. The van der Waals surface area contributed by atoms with Gasteiger partial charge in [0, 0.05) is 21.4 Å². The molecular weight excluding hydrogens is 709 g/mol. The van der Waals surface area contributed by atoms with Crippen LogP contribution in [0.5, 0.6) is 17.2 Å². The predicted molar refractivity (Wildman–Crippen MR) is 175 cm³/mol. The first-order valence-corrected chi connectivity index (χ1v) is 14.4. The summed E-state index contributed by atoms with van der Waals surface area (Å²) in [4.78, 5) is 23.8. The number of nitrogens with one attached hydrogen (secondary N) is 4. The number of urea groups is 2. The number of hydrogen-bond donors (Lipinski definition) is 6. The topological polar surface area (TPSA) is 156 Å². The molecule has 0 spiro atoms. The molecule has 17 heteroatoms. The minimum Gasteiger partial charge on any atom is -0.504 e. The van der Waals surface area contributed by atoms with Gasteiger partial charge in [0.15, 0.2) is 11.5 Å². The third-order valence-corrected chi connectivity index (χ3v) is 7.67. The molecule has 0 unspecified atom stereocenters. The normalized spacial score (nSPS) is 10.6. The van der Waals surface area contributed by atoms with E-state index in [0.29, 0.717) is 27.4 Å². The number of carbonyl (C=O) groups is 2. The minimum absolute atomic E-state index is 0.00328. The molecule has 246 valence electrons. The van der Waals surface area contributed by atoms with Gasteiger partial charge in [0.1, 0.15) is 5.75 Å². The van der Waals surface area contributed by atoms with E-state index in [2.05, 4.69) is 26.0 Å². The minimum atomic E-state index is -4.80. The van der Waals surface area contributed by atoms with E-state index in [9.17, 15) is 33.0 Å². The number of alkyl halides is 3. The highest BCUT2D eigenvalue weighted by atomic mass is 35.5. The average molecular weight is 731 g/mol. The summed E-state index contributed by atoms with van der Waals surface area (Å²) in [5, 5.41) is 38.9. The van der Waals surface area contributed by atoms with Crippen LogP contribution >= 0.6 is 46.4 Å². The third-order valence-electron chi connectivity index (χ3n) is 5.96. The number of rotatable bonds is 5. The van der Waals surface area contributed by atoms with Crippen LogP contribution in [0.4, 0.5) is 45.5 Å². The van der Waals surface area contributed by atoms with E-state index in [1.54, 1.807) is 38.1 Å². The van der Waals surface area contributed by atoms with Gasteiger partial charge in [-0.1, -0.05) is 46.4 Å². The Balaban J connectivity index is 0.000000257. The van der Waals surface area contributed by atoms with Gasteiger partial charge in [-0.25, -0.2) is 9.59 Å². The van der Waals surface area contributed by atoms with Crippen LogP contribution in [0.1, 0.15) is 16.7 Å². The molecule has 0 aliphatic heterocycles. The number of anilines is 4. The Morgan fingerprint density at radius 1 is 0.723 bits per heavy atom. The molecule has 6 N–H and O–H groups in total. The summed E-state index contributed by atoms with van der Waals surface area (Å²) in [5.41, 5.74) is 2.25. The summed E-state index contributed by atoms with van der Waals surface area (Å²) >= 11 is 23.7. The lowest BCUT2D eigenvalue weighted by molar-refractivity contribution is -0.274. The molecular formula is C30H22Cl4F3N5O5. The molecule has 0 radical (unpaired) electrons. The van der Waals surface area contributed by atoms with Gasteiger partial charge in [0.05, 0.1) is 33.1 Å². The van der Waals surface area contributed by atoms with Crippen molar-refractivity contribution in [1.29, 1.82) is 5.26 Å². The fourth-order valence-corrected chi connectivity index (χ4v) is 4.45. The zero-order valence-corrected chi connectivity index (χ0v) is 27.0. The molecule has 0 saturated heterocycles. The van der Waals surface area contributed by atoms with Gasteiger partial charge in [-0.15, -0.1) is 13.2 Å². The SMILES string of the molecule is Cc1c(Cl)cc(NC(=O)Nc2ccc(C#N)cc2)c(O)c1Cl.Cc1c(Cl)cc(NC(=O)Nc2ccc(OC(F)(F)F)cc2)c(O)c1Cl. The van der Waals surface area contributed by atoms with Crippen LogP contribution in [0.15, 0.2) is 60.7 Å². The standard InChI is InChI=1S/C15H11Cl2F3N2O3.C15H11Cl2N3O2/c1-7-10(16)6-11(13(23)12(7)17)22-14(24)21-8-2-4-9(5-3-8)25-15(18,19)20;1-8-11(16)6-12(14(21)13(8)17)20-15(22)19-10-4-2-9(7-18)3-5-10/h2-6,23H,1H3,(H2,21,22,24);2-6,21H,1H3,(H2,19,20,22). The number of benzene rings is 4. The number of aromatic hydroxyl groups is 2. The van der Waals surface area contributed by atoms with E-state index in [1.807, 2.05) is 6.07 Å². The van der Waals surface area contributed by atoms with Gasteiger partial charge in [-0.2, -0.15) is 5.26 Å². The van der Waals surface area contributed by atoms with E-state index in [0.717, 1.165) is 12.1 Å². The van der Waals surface area contributed by atoms with E-state index >= 15 is 0 Å². The number of phenolic OH excluding ortho intramolecular Hbond substituents is 2. The van der Waals surface area contributed by atoms with Gasteiger partial charge < -0.3 is 36.2 Å². The lowest BCUT2D eigenvalue weighted by Gasteiger charge is -2.13. The van der Waals surface area contributed by atoms with Crippen molar-refractivity contribution in [2.24, 2.45) is 0 Å². The van der Waals surface area contributed by atoms with Gasteiger partial charge in [0.25, 0.3) is 0 Å². The number of phenols is 2. The Labute approximate surface area is 285 Å². The fourth-order valence-electron chi connectivity index (χ4n) is 3.54. The monoisotopic (exact) mass is 729 g/mol. The lowest BCUT2D eigenvalue weighted by Crippen LogP contribution is -2.20. The summed E-state index contributed by atoms with van der Waals surface area (Å²) in [6.45, 7) is 3.25. The molecule has 0 aromatic heterocycles. The molecule has 0 aliphatic carbocycles. The maximum absolute atomic E-state index is 12.1. The molecule has 0 atom stereocenters. The summed E-state index contributed by atoms with van der Waals surface area (Å²) in [6.07, 6.45) is -4.80. The Morgan fingerprint density at radius 2 is 1.11 bits per heavy atom. The van der Waals surface area contributed by atoms with Crippen LogP contribution in [-0.4, -0.2) is 28.6 Å². The van der Waals surface area contributed by atoms with Crippen LogP contribution in [0.25, 0.3) is 0 Å². The molecule has 10 nitrogen and oxygen atoms in total. The van der Waals surface area contributed by atoms with Crippen LogP contribution in [-0.2, 0) is 0 Å². The molecule has 4 aromatic rings. The van der Waals surface area contributed by atoms with Gasteiger partial charge >= 0.3 is 18.4 Å². The van der Waals surface area contributed by atoms with Crippen LogP contribution in [0, 0.1) is 25.2 Å². The Kier molecular flexibility index (Phi) is 12.3. The Hall–Kier alpha value is -4.74. The molecule has 0 fully saturated rings. The van der Waals surface area contributed by atoms with Crippen LogP contribution in [0.3, 0.4) is 0 Å². The molecule has 4 aromatic carbocycles. The zero-order valence-electron chi connectivity index (χ0n) is 24.0. The second-order valence-electron chi connectivity index (χ2n) is 9.31. The molecule has 0 aliphatic rings. The first kappa shape index (κ1) is 36.7. The predicted octanol–water partition coefficient (Wildman–Crippen LogP) is 10.1. The van der Waals surface area contributed by atoms with Crippen molar-refractivity contribution >= 4 is 81.2 Å². The summed E-state index contributed by atoms with van der Waals surface area (Å²) in [7, 11) is 0. The highest BCUT2D eigenvalue weighted by Gasteiger charge is 2.31. The van der Waals surface area contributed by atoms with Crippen molar-refractivity contribution in [2.45, 2.75) is 20.2 Å². The number of nitrogens with zero attached hydrogens (tertiary/aromatic N) is 1. The fraction of sp³-hybridized carbons (Fsp3) is 0.100. The molecule has 0 heterocycles. The van der Waals surface area contributed by atoms with Gasteiger partial charge in [0.2, 0.25) is 0 Å². The number of nitriles is 1. The van der Waals surface area contributed by atoms with Crippen molar-refractivity contribution in [2.75, 3.05) is 21.3 Å². The van der Waals surface area contributed by atoms with Crippen LogP contribution in [0.2, 0.25) is 20.1 Å². The number of halogens is 7. The highest BCUT2D eigenvalue weighted by Crippen LogP contribution is 2.40. The van der Waals surface area contributed by atoms with Crippen molar-refractivity contribution in [3.8, 4) is 23.3 Å². The van der Waals surface area contributed by atoms with E-state index in [-0.39, 0.29) is 43.6 Å². The molecule has 0 saturated carbocycles. The quantitative estimate of drug-likeness (QED) is 0.112. The second-order valence-corrected chi connectivity index (χ2v) is 10.9. The van der Waals surface area contributed by atoms with E-state index in [4.69, 9.17) is 51.7 Å². The average Bonchev–Trinajstić information content (AvgIpc) is 3.01. The van der Waals surface area contributed by atoms with Crippen molar-refractivity contribution < 1.29 is 37.7 Å². The number of carbonyl (C=O) groups excluding carboxylic acids is 2. The van der Waals surface area contributed by atoms with Gasteiger partial charge in [-0.3, -0.25) is 0 Å². The molecule has 47 heavy (non-hydrogen) atoms. The first-order chi connectivity index (χ1) is 22.0. The maximum Gasteiger partial charge on any atom is 0.573 e. The maximum atomic E-state index is 12.1. The second kappa shape index (κ2) is 15.7. The van der Waals surface area contributed by atoms with E-state index < -0.39 is 24.2 Å². The number of ether oxygens (including phenoxy) is 1. The van der Waals surface area contributed by atoms with Crippen molar-refractivity contribution in [3.63, 3.8) is 0 Å². The largest absolute Gasteiger partial charge is 0.573 e. The summed E-state index contributed by atoms with van der Waals surface area (Å²) in [5.74, 6) is -1.03. The summed E-state index contributed by atoms with van der Waals surface area (Å²) < 4.78 is 40.0. The number of hydrogen-bond acceptors (Lipinski definition) is 6. The van der Waals surface area contributed by atoms with Gasteiger partial charge in [-0.05, 0) is 85.6 Å². The zero-order chi connectivity index (χ0) is 35.1. The van der Waals surface area contributed by atoms with Crippen molar-refractivity contribution in [1.82, 2.24) is 0 Å². The summed E-state index contributed by atoms with van der Waals surface area (Å²) in [6, 6.07) is 14.2. The van der Waals surface area contributed by atoms with Crippen LogP contribution < -0.4 is 26.0 Å². The number of amides is 4. The molecule has 4 rings (SSSR count). The Morgan fingerprint density at radius 3 is 1.47 bits per heavy atom. The van der Waals surface area contributed by atoms with E-state index in [1.165, 1.54) is 24.3 Å². The third kappa shape index (κ3) is 10.4. The Bertz CT molecular complexity index is 1840. The first-order valence-electron chi connectivity index (χ1n) is 12.9. The van der Waals surface area contributed by atoms with Crippen molar-refractivity contribution in [3.05, 3.63) is 97.4 Å². The molecule has 0 bridgehead atoms. The lowest BCUT2D eigenvalue weighted by atomic mass is 10.2. The highest BCUT2D eigenvalue weighted by molar-refractivity contribution is 6.38. The molecule has 4 amide bonds.